The lowest BCUT2D eigenvalue weighted by Gasteiger charge is -2.02. The van der Waals surface area contributed by atoms with E-state index in [-0.39, 0.29) is 5.75 Å². The molecule has 1 radical (unpaired) electrons. The predicted octanol–water partition coefficient (Wildman–Crippen LogP) is 1.75. The third-order valence-corrected chi connectivity index (χ3v) is 2.72. The van der Waals surface area contributed by atoms with Crippen LogP contribution in [0, 0.1) is 6.92 Å². The van der Waals surface area contributed by atoms with Gasteiger partial charge in [0.1, 0.15) is 0 Å². The van der Waals surface area contributed by atoms with Crippen molar-refractivity contribution < 1.29 is 12.6 Å². The summed E-state index contributed by atoms with van der Waals surface area (Å²) in [5.74, 6) is 0.0974. The van der Waals surface area contributed by atoms with Crippen LogP contribution >= 0.6 is 0 Å². The van der Waals surface area contributed by atoms with Gasteiger partial charge in [0.15, 0.2) is 0 Å². The van der Waals surface area contributed by atoms with Crippen LogP contribution in [0.25, 0.3) is 0 Å². The molecule has 0 saturated heterocycles. The molecule has 0 aliphatic rings. The molecule has 3 nitrogen and oxygen atoms in total. The molecule has 0 atom stereocenters. The first kappa shape index (κ1) is 11.9. The van der Waals surface area contributed by atoms with Gasteiger partial charge in [0.2, 0.25) is 0 Å². The van der Waals surface area contributed by atoms with E-state index in [4.69, 9.17) is 4.18 Å². The molecule has 4 heteroatoms. The van der Waals surface area contributed by atoms with Gasteiger partial charge in [-0.1, -0.05) is 26.7 Å². The molecule has 0 N–H and O–H groups in total. The summed E-state index contributed by atoms with van der Waals surface area (Å²) in [4.78, 5) is 0. The Hall–Kier alpha value is -0.0900. The first-order valence-electron chi connectivity index (χ1n) is 4.28. The highest BCUT2D eigenvalue weighted by Gasteiger charge is 2.08. The molecule has 0 bridgehead atoms. The number of hydrogen-bond donors (Lipinski definition) is 0. The Bertz CT molecular complexity index is 184. The smallest absolute Gasteiger partial charge is 0.267 e. The molecule has 0 saturated carbocycles. The normalized spacial score (nSPS) is 11.8. The number of hydrogen-bond acceptors (Lipinski definition) is 3. The van der Waals surface area contributed by atoms with Gasteiger partial charge in [-0.3, -0.25) is 4.18 Å². The number of rotatable bonds is 7. The molecule has 0 rings (SSSR count). The molecular weight excluding hydrogens is 176 g/mol. The van der Waals surface area contributed by atoms with Crippen LogP contribution in [0.15, 0.2) is 0 Å². The molecule has 0 aliphatic heterocycles. The van der Waals surface area contributed by atoms with Crippen molar-refractivity contribution >= 4 is 10.1 Å². The molecule has 0 aromatic carbocycles. The molecular formula is C8H17O3S. The lowest BCUT2D eigenvalue weighted by atomic mass is 10.4. The molecule has 0 amide bonds. The first-order chi connectivity index (χ1) is 5.62. The van der Waals surface area contributed by atoms with Crippen LogP contribution in [0.4, 0.5) is 0 Å². The van der Waals surface area contributed by atoms with Crippen molar-refractivity contribution in [2.24, 2.45) is 0 Å². The van der Waals surface area contributed by atoms with Gasteiger partial charge in [0.25, 0.3) is 10.1 Å². The Morgan fingerprint density at radius 3 is 2.50 bits per heavy atom. The SMILES string of the molecule is [CH2]CCCS(=O)(=O)OCCCC. The van der Waals surface area contributed by atoms with E-state index in [9.17, 15) is 8.42 Å². The van der Waals surface area contributed by atoms with Gasteiger partial charge in [-0.05, 0) is 12.8 Å². The summed E-state index contributed by atoms with van der Waals surface area (Å²) in [6, 6.07) is 0. The van der Waals surface area contributed by atoms with E-state index in [0.717, 1.165) is 12.8 Å². The minimum absolute atomic E-state index is 0.0974. The zero-order valence-corrected chi connectivity index (χ0v) is 8.40. The maximum atomic E-state index is 11.0. The van der Waals surface area contributed by atoms with E-state index in [0.29, 0.717) is 19.4 Å². The van der Waals surface area contributed by atoms with Gasteiger partial charge >= 0.3 is 0 Å². The Morgan fingerprint density at radius 1 is 1.33 bits per heavy atom. The lowest BCUT2D eigenvalue weighted by Crippen LogP contribution is -2.11. The third-order valence-electron chi connectivity index (χ3n) is 1.41. The maximum Gasteiger partial charge on any atom is 0.267 e. The van der Waals surface area contributed by atoms with Crippen molar-refractivity contribution in [2.75, 3.05) is 12.4 Å². The van der Waals surface area contributed by atoms with E-state index in [1.165, 1.54) is 0 Å². The van der Waals surface area contributed by atoms with Gasteiger partial charge in [0, 0.05) is 0 Å². The van der Waals surface area contributed by atoms with Gasteiger partial charge in [-0.2, -0.15) is 8.42 Å². The molecule has 0 aromatic rings. The van der Waals surface area contributed by atoms with Gasteiger partial charge in [-0.15, -0.1) is 0 Å². The average Bonchev–Trinajstić information content (AvgIpc) is 2.01. The second kappa shape index (κ2) is 6.43. The molecule has 12 heavy (non-hydrogen) atoms. The zero-order valence-electron chi connectivity index (χ0n) is 7.58. The van der Waals surface area contributed by atoms with Crippen molar-refractivity contribution in [3.63, 3.8) is 0 Å². The monoisotopic (exact) mass is 193 g/mol. The fourth-order valence-electron chi connectivity index (χ4n) is 0.668. The Morgan fingerprint density at radius 2 is 2.00 bits per heavy atom. The summed E-state index contributed by atoms with van der Waals surface area (Å²) >= 11 is 0. The first-order valence-corrected chi connectivity index (χ1v) is 5.86. The van der Waals surface area contributed by atoms with Crippen LogP contribution in [0.2, 0.25) is 0 Å². The highest BCUT2D eigenvalue weighted by atomic mass is 32.2. The van der Waals surface area contributed by atoms with Crippen molar-refractivity contribution in [2.45, 2.75) is 32.6 Å². The second-order valence-corrected chi connectivity index (χ2v) is 4.40. The number of unbranched alkanes of at least 4 members (excludes halogenated alkanes) is 2. The van der Waals surface area contributed by atoms with Gasteiger partial charge in [-0.25, -0.2) is 0 Å². The van der Waals surface area contributed by atoms with Crippen molar-refractivity contribution in [3.05, 3.63) is 6.92 Å². The maximum absolute atomic E-state index is 11.0. The van der Waals surface area contributed by atoms with Crippen LogP contribution in [0.1, 0.15) is 32.6 Å². The highest BCUT2D eigenvalue weighted by Crippen LogP contribution is 2.00. The van der Waals surface area contributed by atoms with E-state index in [1.807, 2.05) is 6.92 Å². The van der Waals surface area contributed by atoms with Crippen molar-refractivity contribution in [1.82, 2.24) is 0 Å². The Balaban J connectivity index is 3.58. The summed E-state index contributed by atoms with van der Waals surface area (Å²) in [5.41, 5.74) is 0. The summed E-state index contributed by atoms with van der Waals surface area (Å²) in [6.45, 7) is 5.87. The fourth-order valence-corrected chi connectivity index (χ4v) is 1.72. The standard InChI is InChI=1S/C8H17O3S/c1-3-5-7-11-12(9,10)8-6-4-2/h2-8H2,1H3. The van der Waals surface area contributed by atoms with E-state index in [2.05, 4.69) is 6.92 Å². The summed E-state index contributed by atoms with van der Waals surface area (Å²) in [7, 11) is -3.26. The minimum Gasteiger partial charge on any atom is -0.270 e. The van der Waals surface area contributed by atoms with Crippen LogP contribution in [0.3, 0.4) is 0 Å². The molecule has 0 unspecified atom stereocenters. The van der Waals surface area contributed by atoms with Crippen molar-refractivity contribution in [3.8, 4) is 0 Å². The highest BCUT2D eigenvalue weighted by molar-refractivity contribution is 7.86. The fraction of sp³-hybridized carbons (Fsp3) is 0.875. The van der Waals surface area contributed by atoms with E-state index >= 15 is 0 Å². The molecule has 73 valence electrons. The minimum atomic E-state index is -3.26. The summed E-state index contributed by atoms with van der Waals surface area (Å²) in [6.07, 6.45) is 2.96. The largest absolute Gasteiger partial charge is 0.270 e. The van der Waals surface area contributed by atoms with Gasteiger partial charge < -0.3 is 0 Å². The van der Waals surface area contributed by atoms with Gasteiger partial charge in [0.05, 0.1) is 12.4 Å². The van der Waals surface area contributed by atoms with Crippen LogP contribution in [0.5, 0.6) is 0 Å². The quantitative estimate of drug-likeness (QED) is 0.457. The second-order valence-electron chi connectivity index (χ2n) is 2.64. The molecule has 0 aliphatic carbocycles. The molecule has 0 aromatic heterocycles. The summed E-state index contributed by atoms with van der Waals surface area (Å²) < 4.78 is 26.7. The van der Waals surface area contributed by atoms with E-state index in [1.54, 1.807) is 0 Å². The molecule has 0 fully saturated rings. The summed E-state index contributed by atoms with van der Waals surface area (Å²) in [5, 5.41) is 0. The predicted molar refractivity (Wildman–Crippen MR) is 49.2 cm³/mol. The topological polar surface area (TPSA) is 43.4 Å². The Labute approximate surface area is 75.2 Å². The average molecular weight is 193 g/mol. The van der Waals surface area contributed by atoms with Crippen molar-refractivity contribution in [1.29, 1.82) is 0 Å². The third kappa shape index (κ3) is 6.61. The van der Waals surface area contributed by atoms with Crippen LogP contribution < -0.4 is 0 Å². The van der Waals surface area contributed by atoms with E-state index < -0.39 is 10.1 Å². The molecule has 0 heterocycles. The lowest BCUT2D eigenvalue weighted by molar-refractivity contribution is 0.310. The Kier molecular flexibility index (Phi) is 6.38. The zero-order chi connectivity index (χ0) is 9.45. The van der Waals surface area contributed by atoms with Crippen LogP contribution in [-0.2, 0) is 14.3 Å². The molecule has 0 spiro atoms. The van der Waals surface area contributed by atoms with Crippen LogP contribution in [-0.4, -0.2) is 20.8 Å².